The molecule has 0 aromatic carbocycles. The fourth-order valence-corrected chi connectivity index (χ4v) is 0.525. The highest BCUT2D eigenvalue weighted by atomic mass is 32.2. The lowest BCUT2D eigenvalue weighted by Gasteiger charge is -2.02. The van der Waals surface area contributed by atoms with Crippen molar-refractivity contribution in [3.63, 3.8) is 0 Å². The molecule has 0 rings (SSSR count). The van der Waals surface area contributed by atoms with Gasteiger partial charge in [-0.05, 0) is 6.42 Å². The molecule has 3 N–H and O–H groups in total. The summed E-state index contributed by atoms with van der Waals surface area (Å²) in [5, 5.41) is 0. The lowest BCUT2D eigenvalue weighted by atomic mass is 10.4. The summed E-state index contributed by atoms with van der Waals surface area (Å²) < 4.78 is 23.5. The Hall–Kier alpha value is 0.0300. The van der Waals surface area contributed by atoms with Gasteiger partial charge in [-0.25, -0.2) is 4.21 Å². The zero-order valence-corrected chi connectivity index (χ0v) is 6.28. The van der Waals surface area contributed by atoms with Gasteiger partial charge in [0.25, 0.3) is 0 Å². The first-order valence-electron chi connectivity index (χ1n) is 2.50. The molecule has 0 aromatic heterocycles. The van der Waals surface area contributed by atoms with Gasteiger partial charge in [0.1, 0.15) is 0 Å². The number of hydrogen-bond acceptors (Lipinski definition) is 4. The van der Waals surface area contributed by atoms with Crippen molar-refractivity contribution in [2.24, 2.45) is 0 Å². The Morgan fingerprint density at radius 3 is 2.56 bits per heavy atom. The van der Waals surface area contributed by atoms with E-state index in [0.717, 1.165) is 12.8 Å². The third kappa shape index (κ3) is 11.5. The van der Waals surface area contributed by atoms with Crippen LogP contribution in [0.5, 0.6) is 0 Å². The topological polar surface area (TPSA) is 84.4 Å². The van der Waals surface area contributed by atoms with Crippen molar-refractivity contribution in [3.8, 4) is 0 Å². The molecule has 0 spiro atoms. The lowest BCUT2D eigenvalue weighted by Crippen LogP contribution is -1.96. The highest BCUT2D eigenvalue weighted by molar-refractivity contribution is 7.74. The number of hydrogen-bond donors (Lipinski definition) is 1. The van der Waals surface area contributed by atoms with E-state index in [0.29, 0.717) is 6.61 Å². The van der Waals surface area contributed by atoms with Crippen LogP contribution in [-0.2, 0) is 15.5 Å². The summed E-state index contributed by atoms with van der Waals surface area (Å²) in [5.41, 5.74) is 0. The third-order valence-corrected chi connectivity index (χ3v) is 1.04. The Balaban J connectivity index is 0. The molecule has 0 aliphatic rings. The predicted octanol–water partition coefficient (Wildman–Crippen LogP) is 0.759. The Bertz CT molecular complexity index is 78.2. The van der Waals surface area contributed by atoms with E-state index < -0.39 is 11.4 Å². The summed E-state index contributed by atoms with van der Waals surface area (Å²) in [6, 6.07) is 0. The van der Waals surface area contributed by atoms with Crippen LogP contribution >= 0.6 is 0 Å². The molecular weight excluding hydrogens is 142 g/mol. The summed E-state index contributed by atoms with van der Waals surface area (Å²) in [5.74, 6) is 0. The molecule has 0 heterocycles. The molecule has 0 fully saturated rings. The molecule has 9 heavy (non-hydrogen) atoms. The van der Waals surface area contributed by atoms with Gasteiger partial charge in [0.05, 0.1) is 18.0 Å². The Morgan fingerprint density at radius 2 is 2.22 bits per heavy atom. The predicted molar refractivity (Wildman–Crippen MR) is 34.8 cm³/mol. The molecule has 1 atom stereocenters. The van der Waals surface area contributed by atoms with E-state index in [4.69, 9.17) is 0 Å². The van der Waals surface area contributed by atoms with E-state index in [1.807, 2.05) is 6.92 Å². The van der Waals surface area contributed by atoms with E-state index in [-0.39, 0.29) is 6.15 Å². The van der Waals surface area contributed by atoms with Crippen LogP contribution in [0.2, 0.25) is 0 Å². The summed E-state index contributed by atoms with van der Waals surface area (Å²) in [7, 11) is 0. The summed E-state index contributed by atoms with van der Waals surface area (Å²) in [6.07, 6.45) is 1.76. The molecule has 0 saturated heterocycles. The second kappa shape index (κ2) is 8.03. The van der Waals surface area contributed by atoms with Gasteiger partial charge >= 0.3 is 0 Å². The van der Waals surface area contributed by atoms with E-state index in [9.17, 15) is 8.76 Å². The van der Waals surface area contributed by atoms with Gasteiger partial charge in [-0.15, -0.1) is 0 Å². The van der Waals surface area contributed by atoms with Crippen LogP contribution in [0.3, 0.4) is 0 Å². The first kappa shape index (κ1) is 11.8. The normalized spacial score (nSPS) is 12.2. The van der Waals surface area contributed by atoms with E-state index >= 15 is 0 Å². The van der Waals surface area contributed by atoms with Gasteiger partial charge < -0.3 is 14.9 Å². The average molecular weight is 154 g/mol. The highest BCUT2D eigenvalue weighted by Gasteiger charge is 1.82. The van der Waals surface area contributed by atoms with Crippen LogP contribution in [0, 0.1) is 0 Å². The van der Waals surface area contributed by atoms with E-state index in [2.05, 4.69) is 4.18 Å². The van der Waals surface area contributed by atoms with Gasteiger partial charge in [0.2, 0.25) is 0 Å². The van der Waals surface area contributed by atoms with Crippen LogP contribution in [0.1, 0.15) is 19.8 Å². The average Bonchev–Trinajstić information content (AvgIpc) is 1.66. The zero-order chi connectivity index (χ0) is 6.41. The number of rotatable bonds is 4. The van der Waals surface area contributed by atoms with Crippen molar-refractivity contribution in [1.29, 1.82) is 0 Å². The van der Waals surface area contributed by atoms with Crippen LogP contribution < -0.4 is 6.15 Å². The maximum Gasteiger partial charge on any atom is 0.0842 e. The fraction of sp³-hybridized carbons (Fsp3) is 1.00. The van der Waals surface area contributed by atoms with Gasteiger partial charge in [-0.1, -0.05) is 13.3 Å². The second-order valence-electron chi connectivity index (χ2n) is 1.38. The van der Waals surface area contributed by atoms with Crippen molar-refractivity contribution in [2.75, 3.05) is 6.61 Å². The van der Waals surface area contributed by atoms with Crippen LogP contribution in [0.25, 0.3) is 0 Å². The molecule has 0 aliphatic heterocycles. The quantitative estimate of drug-likeness (QED) is 0.478. The Morgan fingerprint density at radius 1 is 1.67 bits per heavy atom. The second-order valence-corrected chi connectivity index (χ2v) is 2.02. The zero-order valence-electron chi connectivity index (χ0n) is 5.46. The molecule has 0 bridgehead atoms. The first-order valence-corrected chi connectivity index (χ1v) is 3.50. The van der Waals surface area contributed by atoms with E-state index in [1.54, 1.807) is 0 Å². The first-order chi connectivity index (χ1) is 3.77. The minimum Gasteiger partial charge on any atom is -0.750 e. The molecule has 58 valence electrons. The molecule has 1 unspecified atom stereocenters. The third-order valence-electron chi connectivity index (χ3n) is 0.677. The minimum absolute atomic E-state index is 0. The molecule has 0 aromatic rings. The highest BCUT2D eigenvalue weighted by Crippen LogP contribution is 1.88. The van der Waals surface area contributed by atoms with Gasteiger partial charge in [-0.2, -0.15) is 0 Å². The molecule has 0 radical (unpaired) electrons. The Kier molecular flexibility index (Phi) is 10.5. The lowest BCUT2D eigenvalue weighted by molar-refractivity contribution is 0.294. The number of unbranched alkanes of at least 4 members (excludes halogenated alkanes) is 1. The van der Waals surface area contributed by atoms with Gasteiger partial charge in [0.15, 0.2) is 0 Å². The van der Waals surface area contributed by atoms with E-state index in [1.165, 1.54) is 0 Å². The molecule has 5 heteroatoms. The molecule has 0 amide bonds. The van der Waals surface area contributed by atoms with Crippen molar-refractivity contribution >= 4 is 11.4 Å². The smallest absolute Gasteiger partial charge is 0.0842 e. The maximum atomic E-state index is 9.65. The minimum atomic E-state index is -2.32. The SMILES string of the molecule is CCCCOS(=O)[O-].N. The van der Waals surface area contributed by atoms with Crippen LogP contribution in [0.4, 0.5) is 0 Å². The summed E-state index contributed by atoms with van der Waals surface area (Å²) in [6.45, 7) is 2.28. The molecule has 0 saturated carbocycles. The van der Waals surface area contributed by atoms with Crippen molar-refractivity contribution in [2.45, 2.75) is 19.8 Å². The van der Waals surface area contributed by atoms with Crippen LogP contribution in [0.15, 0.2) is 0 Å². The molecule has 4 nitrogen and oxygen atoms in total. The monoisotopic (exact) mass is 154 g/mol. The fourth-order valence-electron chi connectivity index (χ4n) is 0.271. The summed E-state index contributed by atoms with van der Waals surface area (Å²) in [4.78, 5) is 0. The van der Waals surface area contributed by atoms with Crippen molar-refractivity contribution < 1.29 is 12.9 Å². The Labute approximate surface area is 57.7 Å². The summed E-state index contributed by atoms with van der Waals surface area (Å²) >= 11 is -2.32. The van der Waals surface area contributed by atoms with Crippen molar-refractivity contribution in [1.82, 2.24) is 6.15 Å². The van der Waals surface area contributed by atoms with Crippen LogP contribution in [-0.4, -0.2) is 15.4 Å². The molecular formula is C4H12NO3S-. The maximum absolute atomic E-state index is 9.65. The largest absolute Gasteiger partial charge is 0.750 e. The van der Waals surface area contributed by atoms with Gasteiger partial charge in [0, 0.05) is 0 Å². The standard InChI is InChI=1S/C4H10O3S.H3N/c1-2-3-4-7-8(5)6;/h2-4H2,1H3,(H,5,6);1H3/p-1. The van der Waals surface area contributed by atoms with Gasteiger partial charge in [-0.3, -0.25) is 0 Å². The molecule has 0 aliphatic carbocycles. The van der Waals surface area contributed by atoms with Crippen molar-refractivity contribution in [3.05, 3.63) is 0 Å².